The van der Waals surface area contributed by atoms with E-state index in [1.807, 2.05) is 6.92 Å². The molecule has 2 unspecified atom stereocenters. The van der Waals surface area contributed by atoms with E-state index in [0.717, 1.165) is 0 Å². The first-order chi connectivity index (χ1) is 47.2. The number of nitrogens with one attached hydrogen (secondary N) is 4. The summed E-state index contributed by atoms with van der Waals surface area (Å²) in [5.41, 5.74) is 3.45. The molecule has 0 spiro atoms. The molecule has 9 rings (SSSR count). The number of carbonyl (C=O) groups excluding carboxylic acids is 9. The molecule has 3 aromatic carbocycles. The smallest absolute Gasteiger partial charge is 0.409 e. The minimum atomic E-state index is -1.84. The number of phenols is 2. The van der Waals surface area contributed by atoms with Crippen LogP contribution in [0.25, 0.3) is 0 Å². The summed E-state index contributed by atoms with van der Waals surface area (Å²) in [6, 6.07) is 8.59. The molecule has 99 heavy (non-hydrogen) atoms. The summed E-state index contributed by atoms with van der Waals surface area (Å²) in [6.07, 6.45) is -5.23. The Morgan fingerprint density at radius 3 is 2.26 bits per heavy atom. The lowest BCUT2D eigenvalue weighted by Crippen LogP contribution is -2.55. The largest absolute Gasteiger partial charge is 0.507 e. The van der Waals surface area contributed by atoms with Gasteiger partial charge in [0.15, 0.2) is 30.9 Å². The van der Waals surface area contributed by atoms with Crippen molar-refractivity contribution in [1.82, 2.24) is 35.6 Å². The van der Waals surface area contributed by atoms with Gasteiger partial charge in [0, 0.05) is 108 Å². The van der Waals surface area contributed by atoms with Crippen LogP contribution in [0.4, 0.5) is 15.3 Å². The summed E-state index contributed by atoms with van der Waals surface area (Å²) >= 11 is 4.14. The van der Waals surface area contributed by atoms with Gasteiger partial charge in [-0.2, -0.15) is 12.6 Å². The summed E-state index contributed by atoms with van der Waals surface area (Å²) in [7, 11) is 5.82. The summed E-state index contributed by atoms with van der Waals surface area (Å²) in [5.74, 6) is -5.13. The third kappa shape index (κ3) is 17.9. The van der Waals surface area contributed by atoms with E-state index in [-0.39, 0.29) is 148 Å². The van der Waals surface area contributed by atoms with Gasteiger partial charge >= 0.3 is 12.2 Å². The minimum Gasteiger partial charge on any atom is -0.507 e. The number of fused-ring (bicyclic) bond motifs is 6. The summed E-state index contributed by atoms with van der Waals surface area (Å²) in [5, 5.41) is 56.5. The van der Waals surface area contributed by atoms with Gasteiger partial charge in [-0.05, 0) is 68.8 Å². The molecule has 7 amide bonds. The van der Waals surface area contributed by atoms with Gasteiger partial charge in [-0.3, -0.25) is 54.4 Å². The number of ketones is 2. The molecule has 31 nitrogen and oxygen atoms in total. The lowest BCUT2D eigenvalue weighted by molar-refractivity contribution is -0.257. The zero-order chi connectivity index (χ0) is 71.6. The van der Waals surface area contributed by atoms with E-state index in [1.165, 1.54) is 61.2 Å². The normalized spacial score (nSPS) is 24.2. The fourth-order valence-corrected chi connectivity index (χ4v) is 13.5. The van der Waals surface area contributed by atoms with Crippen LogP contribution < -0.4 is 31.7 Å². The third-order valence-electron chi connectivity index (χ3n) is 18.5. The quantitative estimate of drug-likeness (QED) is 0.0114. The molecule has 0 saturated carbocycles. The van der Waals surface area contributed by atoms with Crippen LogP contribution in [0.2, 0.25) is 0 Å². The van der Waals surface area contributed by atoms with Crippen molar-refractivity contribution in [3.8, 4) is 17.2 Å². The summed E-state index contributed by atoms with van der Waals surface area (Å²) in [4.78, 5) is 125. The maximum atomic E-state index is 14.3. The molecule has 32 heteroatoms. The van der Waals surface area contributed by atoms with Crippen molar-refractivity contribution in [3.63, 3.8) is 0 Å². The Balaban J connectivity index is 0.732. The zero-order valence-corrected chi connectivity index (χ0v) is 57.5. The Morgan fingerprint density at radius 1 is 0.869 bits per heavy atom. The number of morpholine rings is 1. The Morgan fingerprint density at radius 2 is 1.59 bits per heavy atom. The third-order valence-corrected chi connectivity index (χ3v) is 18.9. The number of ether oxygens (including phenoxy) is 9. The number of likely N-dealkylation sites (N-methyl/N-ethyl adjacent to an activating group) is 2. The number of thiol groups is 1. The van der Waals surface area contributed by atoms with Crippen LogP contribution in [0.1, 0.15) is 133 Å². The number of imide groups is 1. The van der Waals surface area contributed by atoms with E-state index < -0.39 is 125 Å². The minimum absolute atomic E-state index is 0.0106. The number of anilines is 1. The van der Waals surface area contributed by atoms with E-state index in [9.17, 15) is 63.6 Å². The summed E-state index contributed by atoms with van der Waals surface area (Å²) < 4.78 is 53.1. The fourth-order valence-electron chi connectivity index (χ4n) is 13.2. The van der Waals surface area contributed by atoms with Crippen LogP contribution in [-0.4, -0.2) is 247 Å². The number of amides is 7. The highest BCUT2D eigenvalue weighted by molar-refractivity contribution is 7.81. The Labute approximate surface area is 578 Å². The number of hydrogen-bond donors (Lipinski definition) is 10. The molecule has 12 atom stereocenters. The highest BCUT2D eigenvalue weighted by Gasteiger charge is 2.55. The Kier molecular flexibility index (Phi) is 25.7. The molecular weight excluding hydrogens is 1310 g/mol. The number of aliphatic hydroxyl groups excluding tert-OH is 1. The van der Waals surface area contributed by atoms with Crippen LogP contribution in [0.5, 0.6) is 17.2 Å². The molecular formula is C67H91N9O22S. The van der Waals surface area contributed by atoms with E-state index in [0.29, 0.717) is 50.1 Å². The molecule has 4 saturated heterocycles. The molecule has 3 aromatic rings. The van der Waals surface area contributed by atoms with E-state index in [4.69, 9.17) is 48.4 Å². The SMILES string of the molecule is COc1cccc2c1C(=O)c1c(O)c3c(c(O)c1C2=O)C[C@@](O)(COCCOC(=O)N(C)CCN(C)C(=O)OCc1ccc(NC(=O)[C@H](CCCNC(N)O)NC(=O)[C@@H](NC(=O)CCCCCN2C(=O)CC(S)C2=O)C(C)C)cc1)C[C@@H]3O[C@H]1C[C@H]2[C@H](O[C@@H]3[C@@H](OC)OCCN32)[C@H](C)O1. The summed E-state index contributed by atoms with van der Waals surface area (Å²) in [6.45, 7) is 5.75. The number of phenolic OH excluding ortho intramolecular Hbond substituents is 2. The van der Waals surface area contributed by atoms with E-state index >= 15 is 0 Å². The molecule has 4 heterocycles. The molecule has 4 aliphatic heterocycles. The predicted octanol–water partition coefficient (Wildman–Crippen LogP) is 2.29. The lowest BCUT2D eigenvalue weighted by atomic mass is 9.73. The molecule has 2 aliphatic carbocycles. The number of methoxy groups -OCH3 is 2. The van der Waals surface area contributed by atoms with Gasteiger partial charge in [0.25, 0.3) is 0 Å². The van der Waals surface area contributed by atoms with Gasteiger partial charge in [0.05, 0.1) is 66.7 Å². The van der Waals surface area contributed by atoms with Crippen molar-refractivity contribution >= 4 is 71.6 Å². The van der Waals surface area contributed by atoms with E-state index in [1.54, 1.807) is 38.1 Å². The Hall–Kier alpha value is -7.60. The Bertz CT molecular complexity index is 3460. The van der Waals surface area contributed by atoms with Crippen molar-refractivity contribution in [3.05, 3.63) is 81.4 Å². The van der Waals surface area contributed by atoms with Gasteiger partial charge < -0.3 is 88.8 Å². The number of rotatable bonds is 31. The second kappa shape index (κ2) is 33.7. The van der Waals surface area contributed by atoms with Gasteiger partial charge in [0.2, 0.25) is 35.3 Å². The number of unbranched alkanes of at least 4 members (excludes halogenated alkanes) is 2. The molecule has 6 aliphatic rings. The predicted molar refractivity (Wildman–Crippen MR) is 353 cm³/mol. The number of benzene rings is 3. The van der Waals surface area contributed by atoms with Crippen molar-refractivity contribution < 1.29 is 106 Å². The highest BCUT2D eigenvalue weighted by atomic mass is 32.1. The monoisotopic (exact) mass is 1410 g/mol. The average Bonchev–Trinajstić information content (AvgIpc) is 1.27. The molecule has 0 radical (unpaired) electrons. The number of likely N-dealkylation sites (tertiary alicyclic amines) is 1. The first-order valence-corrected chi connectivity index (χ1v) is 33.7. The highest BCUT2D eigenvalue weighted by Crippen LogP contribution is 2.53. The number of nitrogens with two attached hydrogens (primary N) is 1. The maximum Gasteiger partial charge on any atom is 0.409 e. The second-order valence-corrected chi connectivity index (χ2v) is 26.6. The van der Waals surface area contributed by atoms with Crippen molar-refractivity contribution in [1.29, 1.82) is 0 Å². The van der Waals surface area contributed by atoms with Crippen LogP contribution in [0, 0.1) is 5.92 Å². The van der Waals surface area contributed by atoms with Crippen LogP contribution >= 0.6 is 12.6 Å². The number of aliphatic hydroxyl groups is 2. The van der Waals surface area contributed by atoms with Gasteiger partial charge in [-0.1, -0.05) is 44.5 Å². The molecule has 0 aromatic heterocycles. The number of hydrogen-bond acceptors (Lipinski definition) is 26. The van der Waals surface area contributed by atoms with Crippen molar-refractivity contribution in [2.75, 3.05) is 92.8 Å². The first kappa shape index (κ1) is 75.6. The van der Waals surface area contributed by atoms with Crippen LogP contribution in [0.15, 0.2) is 42.5 Å². The van der Waals surface area contributed by atoms with Crippen LogP contribution in [0.3, 0.4) is 0 Å². The van der Waals surface area contributed by atoms with Gasteiger partial charge in [-0.25, -0.2) is 9.59 Å². The lowest BCUT2D eigenvalue weighted by Gasteiger charge is -2.43. The number of aromatic hydroxyl groups is 2. The van der Waals surface area contributed by atoms with Crippen molar-refractivity contribution in [2.24, 2.45) is 11.7 Å². The first-order valence-electron chi connectivity index (χ1n) is 33.2. The average molecular weight is 1410 g/mol. The van der Waals surface area contributed by atoms with Crippen LogP contribution in [-0.2, 0) is 74.9 Å². The molecule has 4 fully saturated rings. The van der Waals surface area contributed by atoms with Gasteiger partial charge in [0.1, 0.15) is 48.6 Å². The fraction of sp³-hybridized carbons (Fsp3) is 0.597. The number of carbonyl (C=O) groups is 9. The van der Waals surface area contributed by atoms with E-state index in [2.05, 4.69) is 38.8 Å². The molecule has 10 N–H and O–H groups in total. The maximum absolute atomic E-state index is 14.3. The molecule has 542 valence electrons. The standard InChI is InChI=1S/C67H91N9O22S/c1-35(2)53(72-46(77)16-9-8-10-22-76-47(78)30-45(99)61(76)85)60(84)71-41(14-12-21-69-64(68)86)59(83)70-38-19-17-37(18-20-38)33-95-66(88)74(5)24-23-73(4)65(87)94-28-27-92-34-67(89)31-40-50(57(82)52-51(55(40)80)54(79)39-13-11-15-43(90-6)49(39)56(52)81)44(32-67)97-48-29-42-58(36(3)96-48)98-62-63(91-7)93-26-25-75(42)62/h11,13,15,17-20,35-36,41-42,44-45,48,53,58,62-64,69,80,82,86,89,99H,8-10,12,14,16,21-34,68H2,1-7H3,(H,70,83)(H,71,84)(H,72,77)/t36-,41-,42-,44-,45?,48-,53-,58+,62+,63-,64?,67-/m0/s1. The second-order valence-electron chi connectivity index (χ2n) is 25.9. The van der Waals surface area contributed by atoms with Gasteiger partial charge in [-0.15, -0.1) is 0 Å². The topological polar surface area (TPSA) is 405 Å². The van der Waals surface area contributed by atoms with Crippen molar-refractivity contribution in [2.45, 2.75) is 164 Å². The molecule has 0 bridgehead atoms. The number of nitrogens with zero attached hydrogens (tertiary/aromatic N) is 4. The zero-order valence-electron chi connectivity index (χ0n) is 56.6.